The lowest BCUT2D eigenvalue weighted by Gasteiger charge is -2.32. The molecule has 30 heavy (non-hydrogen) atoms. The number of benzene rings is 1. The number of phenolic OH excluding ortho intramolecular Hbond substituents is 1. The molecule has 1 N–H and O–H groups in total. The Hall–Kier alpha value is -1.55. The van der Waals surface area contributed by atoms with E-state index in [2.05, 4.69) is 4.90 Å². The van der Waals surface area contributed by atoms with E-state index in [9.17, 15) is 9.90 Å². The molecule has 3 aliphatic carbocycles. The Morgan fingerprint density at radius 1 is 1.00 bits per heavy atom. The fraction of sp³-hybridized carbons (Fsp3) is 0.731. The summed E-state index contributed by atoms with van der Waals surface area (Å²) in [4.78, 5) is 15.4. The van der Waals surface area contributed by atoms with Crippen LogP contribution in [-0.4, -0.2) is 41.2 Å². The van der Waals surface area contributed by atoms with Crippen molar-refractivity contribution in [2.24, 2.45) is 11.8 Å². The van der Waals surface area contributed by atoms with Crippen LogP contribution < -0.4 is 0 Å². The van der Waals surface area contributed by atoms with Crippen LogP contribution in [0.3, 0.4) is 0 Å². The minimum absolute atomic E-state index is 0.0567. The molecule has 1 aromatic rings. The number of esters is 1. The lowest BCUT2D eigenvalue weighted by molar-refractivity contribution is -0.149. The van der Waals surface area contributed by atoms with E-state index in [1.165, 1.54) is 57.9 Å². The minimum Gasteiger partial charge on any atom is -0.507 e. The number of hydrogen-bond donors (Lipinski definition) is 1. The van der Waals surface area contributed by atoms with Crippen LogP contribution in [0.5, 0.6) is 5.75 Å². The first-order valence-corrected chi connectivity index (χ1v) is 12.4. The van der Waals surface area contributed by atoms with Crippen LogP contribution in [0.1, 0.15) is 87.7 Å². The van der Waals surface area contributed by atoms with E-state index in [0.717, 1.165) is 42.9 Å². The maximum absolute atomic E-state index is 12.8. The normalized spacial score (nSPS) is 30.2. The van der Waals surface area contributed by atoms with Crippen molar-refractivity contribution in [1.29, 1.82) is 0 Å². The van der Waals surface area contributed by atoms with Crippen molar-refractivity contribution in [2.75, 3.05) is 13.1 Å². The molecule has 1 aliphatic heterocycles. The summed E-state index contributed by atoms with van der Waals surface area (Å²) in [5.74, 6) is 1.94. The van der Waals surface area contributed by atoms with Crippen LogP contribution in [-0.2, 0) is 16.0 Å². The average Bonchev–Trinajstić information content (AvgIpc) is 3.48. The Labute approximate surface area is 181 Å². The van der Waals surface area contributed by atoms with Gasteiger partial charge in [-0.15, -0.1) is 0 Å². The average molecular weight is 412 g/mol. The standard InChI is InChI=1S/C26H37NO3/c28-24(15-20-11-6-12-22(25(20)29)19-9-4-5-10-19)30-26-21-13-14-23(26)27(17-21)16-18-7-2-1-3-8-18/h6,11-12,18-19,21,23,26,29H,1-5,7-10,13-17H2. The molecule has 4 heteroatoms. The van der Waals surface area contributed by atoms with Crippen molar-refractivity contribution in [1.82, 2.24) is 4.90 Å². The van der Waals surface area contributed by atoms with Gasteiger partial charge in [-0.2, -0.15) is 0 Å². The molecule has 3 atom stereocenters. The number of ether oxygens (including phenoxy) is 1. The third kappa shape index (κ3) is 4.12. The second-order valence-corrected chi connectivity index (χ2v) is 10.3. The van der Waals surface area contributed by atoms with Gasteiger partial charge in [0.15, 0.2) is 0 Å². The summed E-state index contributed by atoms with van der Waals surface area (Å²) in [6.45, 7) is 2.29. The summed E-state index contributed by atoms with van der Waals surface area (Å²) >= 11 is 0. The molecule has 0 spiro atoms. The molecule has 3 unspecified atom stereocenters. The Balaban J connectivity index is 1.19. The predicted molar refractivity (Wildman–Crippen MR) is 118 cm³/mol. The Morgan fingerprint density at radius 2 is 1.77 bits per heavy atom. The third-order valence-corrected chi connectivity index (χ3v) is 8.38. The number of hydrogen-bond acceptors (Lipinski definition) is 4. The van der Waals surface area contributed by atoms with Crippen LogP contribution in [0.4, 0.5) is 0 Å². The molecule has 2 bridgehead atoms. The van der Waals surface area contributed by atoms with E-state index in [4.69, 9.17) is 4.74 Å². The van der Waals surface area contributed by atoms with Gasteiger partial charge in [-0.25, -0.2) is 0 Å². The van der Waals surface area contributed by atoms with E-state index in [1.54, 1.807) is 0 Å². The first-order chi connectivity index (χ1) is 14.7. The van der Waals surface area contributed by atoms with E-state index >= 15 is 0 Å². The zero-order valence-corrected chi connectivity index (χ0v) is 18.2. The number of piperidine rings is 1. The molecule has 0 amide bonds. The fourth-order valence-electron chi connectivity index (χ4n) is 6.80. The predicted octanol–water partition coefficient (Wildman–Crippen LogP) is 5.18. The highest BCUT2D eigenvalue weighted by atomic mass is 16.5. The Kier molecular flexibility index (Phi) is 6.04. The van der Waals surface area contributed by atoms with Crippen molar-refractivity contribution >= 4 is 5.97 Å². The van der Waals surface area contributed by atoms with Gasteiger partial charge in [-0.1, -0.05) is 50.3 Å². The van der Waals surface area contributed by atoms with E-state index in [1.807, 2.05) is 18.2 Å². The fourth-order valence-corrected chi connectivity index (χ4v) is 6.80. The second kappa shape index (κ2) is 8.90. The SMILES string of the molecule is O=C(Cc1cccc(C2CCCC2)c1O)OC1C2CCC1N(CC1CCCCC1)C2. The number of phenols is 1. The molecule has 4 fully saturated rings. The molecular weight excluding hydrogens is 374 g/mol. The van der Waals surface area contributed by atoms with Gasteiger partial charge in [0.1, 0.15) is 11.9 Å². The van der Waals surface area contributed by atoms with Crippen LogP contribution in [0, 0.1) is 11.8 Å². The molecular formula is C26H37NO3. The molecule has 1 aromatic carbocycles. The quantitative estimate of drug-likeness (QED) is 0.656. The monoisotopic (exact) mass is 411 g/mol. The molecule has 4 aliphatic rings. The first-order valence-electron chi connectivity index (χ1n) is 12.4. The molecule has 1 heterocycles. The maximum atomic E-state index is 12.8. The summed E-state index contributed by atoms with van der Waals surface area (Å²) in [5.41, 5.74) is 1.76. The van der Waals surface area contributed by atoms with E-state index in [-0.39, 0.29) is 18.5 Å². The van der Waals surface area contributed by atoms with Crippen LogP contribution in [0.25, 0.3) is 0 Å². The van der Waals surface area contributed by atoms with Gasteiger partial charge < -0.3 is 9.84 Å². The topological polar surface area (TPSA) is 49.8 Å². The third-order valence-electron chi connectivity index (χ3n) is 8.38. The van der Waals surface area contributed by atoms with Crippen molar-refractivity contribution < 1.29 is 14.6 Å². The molecule has 3 saturated carbocycles. The largest absolute Gasteiger partial charge is 0.507 e. The molecule has 1 saturated heterocycles. The van der Waals surface area contributed by atoms with Crippen molar-refractivity contribution in [3.8, 4) is 5.75 Å². The van der Waals surface area contributed by atoms with Gasteiger partial charge in [-0.05, 0) is 55.9 Å². The van der Waals surface area contributed by atoms with Gasteiger partial charge in [0.2, 0.25) is 0 Å². The van der Waals surface area contributed by atoms with Gasteiger partial charge >= 0.3 is 5.97 Å². The summed E-state index contributed by atoms with van der Waals surface area (Å²) in [5, 5.41) is 10.8. The summed E-state index contributed by atoms with van der Waals surface area (Å²) in [6.07, 6.45) is 14.3. The summed E-state index contributed by atoms with van der Waals surface area (Å²) in [7, 11) is 0. The number of para-hydroxylation sites is 1. The van der Waals surface area contributed by atoms with Gasteiger partial charge in [0.05, 0.1) is 6.42 Å². The first kappa shape index (κ1) is 20.4. The highest BCUT2D eigenvalue weighted by Gasteiger charge is 2.49. The van der Waals surface area contributed by atoms with Crippen LogP contribution in [0.2, 0.25) is 0 Å². The minimum atomic E-state index is -0.171. The number of carbonyl (C=O) groups is 1. The highest BCUT2D eigenvalue weighted by Crippen LogP contribution is 2.42. The Morgan fingerprint density at radius 3 is 2.57 bits per heavy atom. The van der Waals surface area contributed by atoms with Crippen molar-refractivity contribution in [3.63, 3.8) is 0 Å². The molecule has 5 rings (SSSR count). The zero-order chi connectivity index (χ0) is 20.5. The summed E-state index contributed by atoms with van der Waals surface area (Å²) in [6, 6.07) is 6.31. The lowest BCUT2D eigenvalue weighted by atomic mass is 9.88. The maximum Gasteiger partial charge on any atom is 0.310 e. The van der Waals surface area contributed by atoms with Crippen LogP contribution in [0.15, 0.2) is 18.2 Å². The molecule has 0 aromatic heterocycles. The number of aromatic hydroxyl groups is 1. The van der Waals surface area contributed by atoms with E-state index < -0.39 is 0 Å². The number of carbonyl (C=O) groups excluding carboxylic acids is 1. The van der Waals surface area contributed by atoms with Gasteiger partial charge in [0.25, 0.3) is 0 Å². The number of likely N-dealkylation sites (tertiary alicyclic amines) is 1. The number of fused-ring (bicyclic) bond motifs is 2. The smallest absolute Gasteiger partial charge is 0.310 e. The Bertz CT molecular complexity index is 751. The van der Waals surface area contributed by atoms with Crippen LogP contribution >= 0.6 is 0 Å². The van der Waals surface area contributed by atoms with Gasteiger partial charge in [-0.3, -0.25) is 9.69 Å². The lowest BCUT2D eigenvalue weighted by Crippen LogP contribution is -2.39. The summed E-state index contributed by atoms with van der Waals surface area (Å²) < 4.78 is 6.05. The molecule has 0 radical (unpaired) electrons. The molecule has 4 nitrogen and oxygen atoms in total. The van der Waals surface area contributed by atoms with Gasteiger partial charge in [0, 0.05) is 30.6 Å². The number of rotatable bonds is 6. The zero-order valence-electron chi connectivity index (χ0n) is 18.2. The highest BCUT2D eigenvalue weighted by molar-refractivity contribution is 5.74. The second-order valence-electron chi connectivity index (χ2n) is 10.3. The van der Waals surface area contributed by atoms with E-state index in [0.29, 0.717) is 23.6 Å². The molecule has 164 valence electrons. The van der Waals surface area contributed by atoms with Crippen molar-refractivity contribution in [2.45, 2.75) is 95.1 Å². The van der Waals surface area contributed by atoms with Crippen molar-refractivity contribution in [3.05, 3.63) is 29.3 Å². The number of nitrogens with zero attached hydrogens (tertiary/aromatic N) is 1.